The fraction of sp³-hybridized carbons (Fsp3) is 0.560. The summed E-state index contributed by atoms with van der Waals surface area (Å²) in [4.78, 5) is 71.5. The molecule has 39 heavy (non-hydrogen) atoms. The lowest BCUT2D eigenvalue weighted by molar-refractivity contribution is -0.152. The first kappa shape index (κ1) is 29.8. The SMILES string of the molecule is C[C@H](O)[C@H](C(=O)N1CCC[C@H]1C(=O)N1CCC[C@H]1C(=O)N[C@@H](CO)C(=O)ON)N(Cc1ccccc1)C(=O)O. The molecule has 2 saturated heterocycles. The molecule has 4 amide bonds. The second kappa shape index (κ2) is 13.4. The van der Waals surface area contributed by atoms with Gasteiger partial charge in [-0.25, -0.2) is 9.59 Å². The van der Waals surface area contributed by atoms with E-state index in [1.807, 2.05) is 0 Å². The van der Waals surface area contributed by atoms with Gasteiger partial charge in [0.15, 0.2) is 6.04 Å². The van der Waals surface area contributed by atoms with Crippen LogP contribution >= 0.6 is 0 Å². The third-order valence-corrected chi connectivity index (χ3v) is 7.05. The van der Waals surface area contributed by atoms with Crippen LogP contribution in [-0.4, -0.2) is 110 Å². The highest BCUT2D eigenvalue weighted by atomic mass is 16.7. The number of carbonyl (C=O) groups is 5. The minimum absolute atomic E-state index is 0.143. The predicted molar refractivity (Wildman–Crippen MR) is 134 cm³/mol. The van der Waals surface area contributed by atoms with Gasteiger partial charge < -0.3 is 35.3 Å². The monoisotopic (exact) mass is 549 g/mol. The number of carboxylic acid groups (broad SMARTS) is 1. The van der Waals surface area contributed by atoms with Gasteiger partial charge in [-0.3, -0.25) is 19.3 Å². The molecule has 2 heterocycles. The third-order valence-electron chi connectivity index (χ3n) is 7.05. The summed E-state index contributed by atoms with van der Waals surface area (Å²) in [5.74, 6) is 1.92. The molecule has 1 aromatic carbocycles. The number of nitrogens with two attached hydrogens (primary N) is 1. The first-order chi connectivity index (χ1) is 18.6. The van der Waals surface area contributed by atoms with Crippen molar-refractivity contribution < 1.29 is 44.1 Å². The normalized spacial score (nSPS) is 21.1. The highest BCUT2D eigenvalue weighted by Crippen LogP contribution is 2.27. The molecule has 3 rings (SSSR count). The Balaban J connectivity index is 1.78. The fourth-order valence-electron chi connectivity index (χ4n) is 5.15. The molecule has 0 spiro atoms. The number of amides is 4. The van der Waals surface area contributed by atoms with E-state index >= 15 is 0 Å². The van der Waals surface area contributed by atoms with E-state index in [4.69, 9.17) is 5.90 Å². The molecule has 0 bridgehead atoms. The Kier molecular flexibility index (Phi) is 10.2. The van der Waals surface area contributed by atoms with Crippen LogP contribution < -0.4 is 11.2 Å². The van der Waals surface area contributed by atoms with E-state index < -0.39 is 66.7 Å². The number of hydrogen-bond donors (Lipinski definition) is 5. The van der Waals surface area contributed by atoms with Crippen molar-refractivity contribution in [2.75, 3.05) is 19.7 Å². The topological polar surface area (TPSA) is 203 Å². The minimum atomic E-state index is -1.46. The van der Waals surface area contributed by atoms with Crippen LogP contribution in [0, 0.1) is 0 Å². The molecule has 5 atom stereocenters. The maximum absolute atomic E-state index is 13.7. The van der Waals surface area contributed by atoms with E-state index in [0.29, 0.717) is 31.2 Å². The molecule has 0 radical (unpaired) electrons. The van der Waals surface area contributed by atoms with Crippen molar-refractivity contribution in [2.24, 2.45) is 5.90 Å². The highest BCUT2D eigenvalue weighted by molar-refractivity contribution is 5.95. The van der Waals surface area contributed by atoms with Gasteiger partial charge in [0.1, 0.15) is 18.1 Å². The molecule has 2 fully saturated rings. The molecule has 14 nitrogen and oxygen atoms in total. The number of aliphatic hydroxyl groups excluding tert-OH is 2. The van der Waals surface area contributed by atoms with Crippen molar-refractivity contribution in [3.63, 3.8) is 0 Å². The summed E-state index contributed by atoms with van der Waals surface area (Å²) < 4.78 is 0. The van der Waals surface area contributed by atoms with Crippen LogP contribution in [0.4, 0.5) is 4.79 Å². The van der Waals surface area contributed by atoms with Gasteiger partial charge in [-0.05, 0) is 38.2 Å². The quantitative estimate of drug-likeness (QED) is 0.220. The van der Waals surface area contributed by atoms with Gasteiger partial charge >= 0.3 is 12.1 Å². The summed E-state index contributed by atoms with van der Waals surface area (Å²) in [6, 6.07) is 3.88. The molecular formula is C25H35N5O9. The van der Waals surface area contributed by atoms with Crippen molar-refractivity contribution in [3.05, 3.63) is 35.9 Å². The maximum Gasteiger partial charge on any atom is 0.408 e. The first-order valence-corrected chi connectivity index (χ1v) is 12.7. The first-order valence-electron chi connectivity index (χ1n) is 12.7. The van der Waals surface area contributed by atoms with E-state index in [2.05, 4.69) is 10.2 Å². The minimum Gasteiger partial charge on any atom is -0.465 e. The van der Waals surface area contributed by atoms with Crippen LogP contribution in [0.15, 0.2) is 30.3 Å². The number of likely N-dealkylation sites (tertiary alicyclic amines) is 2. The van der Waals surface area contributed by atoms with Gasteiger partial charge in [0.05, 0.1) is 12.7 Å². The summed E-state index contributed by atoms with van der Waals surface area (Å²) >= 11 is 0. The Bertz CT molecular complexity index is 1050. The van der Waals surface area contributed by atoms with E-state index in [1.54, 1.807) is 30.3 Å². The van der Waals surface area contributed by atoms with Crippen LogP contribution in [-0.2, 0) is 30.6 Å². The molecule has 0 aliphatic carbocycles. The van der Waals surface area contributed by atoms with Crippen molar-refractivity contribution in [1.29, 1.82) is 0 Å². The average molecular weight is 550 g/mol. The summed E-state index contributed by atoms with van der Waals surface area (Å²) in [6.45, 7) is 0.834. The summed E-state index contributed by atoms with van der Waals surface area (Å²) in [5, 5.41) is 32.1. The average Bonchev–Trinajstić information content (AvgIpc) is 3.61. The lowest BCUT2D eigenvalue weighted by atomic mass is 10.1. The summed E-state index contributed by atoms with van der Waals surface area (Å²) in [6.07, 6.45) is -1.20. The number of nitrogens with zero attached hydrogens (tertiary/aromatic N) is 3. The summed E-state index contributed by atoms with van der Waals surface area (Å²) in [7, 11) is 0. The zero-order valence-electron chi connectivity index (χ0n) is 21.6. The smallest absolute Gasteiger partial charge is 0.408 e. The van der Waals surface area contributed by atoms with Gasteiger partial charge in [0.2, 0.25) is 17.7 Å². The largest absolute Gasteiger partial charge is 0.465 e. The molecule has 6 N–H and O–H groups in total. The second-order valence-corrected chi connectivity index (χ2v) is 9.64. The van der Waals surface area contributed by atoms with E-state index in [1.165, 1.54) is 16.7 Å². The van der Waals surface area contributed by atoms with Crippen LogP contribution in [0.1, 0.15) is 38.2 Å². The Hall–Kier alpha value is -3.75. The lowest BCUT2D eigenvalue weighted by Crippen LogP contribution is -2.59. The van der Waals surface area contributed by atoms with Gasteiger partial charge in [-0.1, -0.05) is 30.3 Å². The Morgan fingerprint density at radius 1 is 1.08 bits per heavy atom. The summed E-state index contributed by atoms with van der Waals surface area (Å²) in [5.41, 5.74) is 0.623. The van der Waals surface area contributed by atoms with Crippen LogP contribution in [0.2, 0.25) is 0 Å². The Morgan fingerprint density at radius 3 is 2.26 bits per heavy atom. The van der Waals surface area contributed by atoms with Crippen LogP contribution in [0.3, 0.4) is 0 Å². The molecule has 1 aromatic rings. The third kappa shape index (κ3) is 6.82. The molecule has 2 aliphatic heterocycles. The van der Waals surface area contributed by atoms with Crippen LogP contribution in [0.25, 0.3) is 0 Å². The van der Waals surface area contributed by atoms with Gasteiger partial charge in [-0.2, -0.15) is 5.90 Å². The Labute approximate surface area is 225 Å². The molecule has 0 saturated carbocycles. The van der Waals surface area contributed by atoms with Gasteiger partial charge in [0, 0.05) is 19.6 Å². The molecule has 214 valence electrons. The zero-order valence-corrected chi connectivity index (χ0v) is 21.6. The number of hydrogen-bond acceptors (Lipinski definition) is 9. The van der Waals surface area contributed by atoms with Gasteiger partial charge in [0.25, 0.3) is 0 Å². The van der Waals surface area contributed by atoms with Gasteiger partial charge in [-0.15, -0.1) is 0 Å². The highest BCUT2D eigenvalue weighted by Gasteiger charge is 2.46. The molecular weight excluding hydrogens is 514 g/mol. The lowest BCUT2D eigenvalue weighted by Gasteiger charge is -2.36. The predicted octanol–water partition coefficient (Wildman–Crippen LogP) is -1.21. The van der Waals surface area contributed by atoms with E-state index in [0.717, 1.165) is 4.90 Å². The number of carbonyl (C=O) groups excluding carboxylic acids is 4. The number of aliphatic hydroxyl groups is 2. The zero-order chi connectivity index (χ0) is 28.7. The van der Waals surface area contributed by atoms with Crippen molar-refractivity contribution >= 4 is 29.8 Å². The molecule has 14 heteroatoms. The Morgan fingerprint density at radius 2 is 1.69 bits per heavy atom. The molecule has 2 aliphatic rings. The van der Waals surface area contributed by atoms with Crippen molar-refractivity contribution in [2.45, 2.75) is 69.4 Å². The second-order valence-electron chi connectivity index (χ2n) is 9.64. The molecule has 0 aromatic heterocycles. The van der Waals surface area contributed by atoms with Crippen molar-refractivity contribution in [3.8, 4) is 0 Å². The van der Waals surface area contributed by atoms with E-state index in [9.17, 15) is 39.3 Å². The number of nitrogens with one attached hydrogen (secondary N) is 1. The number of benzene rings is 1. The van der Waals surface area contributed by atoms with Crippen LogP contribution in [0.5, 0.6) is 0 Å². The van der Waals surface area contributed by atoms with E-state index in [-0.39, 0.29) is 19.6 Å². The number of rotatable bonds is 10. The fourth-order valence-corrected chi connectivity index (χ4v) is 5.15. The maximum atomic E-state index is 13.7. The van der Waals surface area contributed by atoms with Crippen molar-refractivity contribution in [1.82, 2.24) is 20.0 Å². The standard InChI is InChI=1S/C25H35N5O9/c1-15(32)20(30(25(37)38)13-16-7-3-2-4-8-16)23(35)29-12-6-10-19(29)22(34)28-11-5-9-18(28)21(33)27-17(14-31)24(36)39-26/h2-4,7-8,15,17-20,31-32H,5-6,9-14,26H2,1H3,(H,27,33)(H,37,38)/t15-,17-,18-,19-,20+/m0/s1. The molecule has 0 unspecified atom stereocenters.